The number of rotatable bonds is 37. The summed E-state index contributed by atoms with van der Waals surface area (Å²) in [6.07, 6.45) is 37.5. The molecule has 0 radical (unpaired) electrons. The first-order valence-electron chi connectivity index (χ1n) is 20.4. The van der Waals surface area contributed by atoms with Crippen molar-refractivity contribution in [2.24, 2.45) is 5.73 Å². The van der Waals surface area contributed by atoms with E-state index in [1.165, 1.54) is 44.9 Å². The fourth-order valence-electron chi connectivity index (χ4n) is 5.01. The Balaban J connectivity index is 4.63. The van der Waals surface area contributed by atoms with Crippen LogP contribution in [0.5, 0.6) is 0 Å². The zero-order valence-corrected chi connectivity index (χ0v) is 34.5. The van der Waals surface area contributed by atoms with Gasteiger partial charge in [-0.1, -0.05) is 126 Å². The molecular formula is C42H72NO11P. The van der Waals surface area contributed by atoms with Gasteiger partial charge in [-0.3, -0.25) is 23.4 Å². The molecule has 0 saturated heterocycles. The number of carbonyl (C=O) groups is 3. The van der Waals surface area contributed by atoms with Crippen molar-refractivity contribution < 1.29 is 52.6 Å². The smallest absolute Gasteiger partial charge is 0.472 e. The Hall–Kier alpha value is -2.86. The third kappa shape index (κ3) is 36.5. The van der Waals surface area contributed by atoms with Gasteiger partial charge < -0.3 is 30.3 Å². The molecule has 0 aromatic heterocycles. The number of aliphatic hydroxyl groups excluding tert-OH is 1. The van der Waals surface area contributed by atoms with Crippen LogP contribution in [-0.4, -0.2) is 71.1 Å². The number of hydrogen-bond donors (Lipinski definition) is 4. The maximum Gasteiger partial charge on any atom is 0.472 e. The molecule has 0 rings (SSSR count). The number of carboxylic acids is 1. The Morgan fingerprint density at radius 3 is 1.89 bits per heavy atom. The van der Waals surface area contributed by atoms with Crippen LogP contribution in [0.4, 0.5) is 0 Å². The van der Waals surface area contributed by atoms with Crippen LogP contribution in [-0.2, 0) is 37.5 Å². The lowest BCUT2D eigenvalue weighted by atomic mass is 10.1. The number of esters is 2. The zero-order valence-electron chi connectivity index (χ0n) is 33.6. The van der Waals surface area contributed by atoms with Crippen molar-refractivity contribution in [2.45, 2.75) is 167 Å². The molecule has 0 spiro atoms. The lowest BCUT2D eigenvalue weighted by molar-refractivity contribution is -0.161. The number of allylic oxidation sites excluding steroid dienone is 8. The molecular weight excluding hydrogens is 725 g/mol. The van der Waals surface area contributed by atoms with E-state index in [1.54, 1.807) is 18.2 Å². The molecule has 4 atom stereocenters. The number of phosphoric acid groups is 1. The average Bonchev–Trinajstić information content (AvgIpc) is 3.15. The molecule has 0 aliphatic rings. The van der Waals surface area contributed by atoms with Crippen LogP contribution >= 0.6 is 7.82 Å². The predicted octanol–water partition coefficient (Wildman–Crippen LogP) is 9.36. The van der Waals surface area contributed by atoms with E-state index >= 15 is 0 Å². The van der Waals surface area contributed by atoms with E-state index in [0.717, 1.165) is 51.4 Å². The summed E-state index contributed by atoms with van der Waals surface area (Å²) in [5, 5.41) is 19.0. The van der Waals surface area contributed by atoms with E-state index in [9.17, 15) is 28.9 Å². The first-order chi connectivity index (χ1) is 26.5. The molecule has 316 valence electrons. The second-order valence-corrected chi connectivity index (χ2v) is 15.1. The number of aliphatic carboxylic acids is 1. The fraction of sp³-hybridized carbons (Fsp3) is 0.690. The molecule has 0 heterocycles. The van der Waals surface area contributed by atoms with Crippen molar-refractivity contribution in [3.63, 3.8) is 0 Å². The Kier molecular flexibility index (Phi) is 34.8. The highest BCUT2D eigenvalue weighted by molar-refractivity contribution is 7.47. The number of carboxylic acid groups (broad SMARTS) is 1. The third-order valence-electron chi connectivity index (χ3n) is 8.32. The molecule has 12 nitrogen and oxygen atoms in total. The monoisotopic (exact) mass is 797 g/mol. The van der Waals surface area contributed by atoms with Crippen molar-refractivity contribution >= 4 is 25.7 Å². The Morgan fingerprint density at radius 2 is 1.20 bits per heavy atom. The van der Waals surface area contributed by atoms with Gasteiger partial charge in [0.2, 0.25) is 0 Å². The highest BCUT2D eigenvalue weighted by Crippen LogP contribution is 2.43. The highest BCUT2D eigenvalue weighted by atomic mass is 31.2. The number of unbranched alkanes of at least 4 members (excludes halogenated alkanes) is 13. The quantitative estimate of drug-likeness (QED) is 0.0153. The Bertz CT molecular complexity index is 1180. The minimum Gasteiger partial charge on any atom is -0.480 e. The SMILES string of the molecule is CCCCC/C=C\C/C=C\CC(O)/C=C\C=C\CCCC(=O)O[C@H](COC(=O)CCCCCCC/C=C\CCCCCC)COP(=O)(O)OC[C@H](N)C(=O)O. The zero-order chi connectivity index (χ0) is 40.8. The summed E-state index contributed by atoms with van der Waals surface area (Å²) < 4.78 is 32.5. The van der Waals surface area contributed by atoms with Gasteiger partial charge in [-0.05, 0) is 70.6 Å². The molecule has 2 unspecified atom stereocenters. The number of hydrogen-bond acceptors (Lipinski definition) is 10. The molecule has 0 aliphatic heterocycles. The Morgan fingerprint density at radius 1 is 0.655 bits per heavy atom. The molecule has 0 aliphatic carbocycles. The largest absolute Gasteiger partial charge is 0.480 e. The van der Waals surface area contributed by atoms with E-state index in [0.29, 0.717) is 25.7 Å². The maximum atomic E-state index is 12.6. The van der Waals surface area contributed by atoms with Gasteiger partial charge >= 0.3 is 25.7 Å². The number of ether oxygens (including phenoxy) is 2. The molecule has 0 aromatic rings. The van der Waals surface area contributed by atoms with Gasteiger partial charge in [-0.2, -0.15) is 0 Å². The van der Waals surface area contributed by atoms with Gasteiger partial charge in [-0.25, -0.2) is 4.57 Å². The third-order valence-corrected chi connectivity index (χ3v) is 9.27. The average molecular weight is 798 g/mol. The lowest BCUT2D eigenvalue weighted by Crippen LogP contribution is -2.34. The summed E-state index contributed by atoms with van der Waals surface area (Å²) in [7, 11) is -4.75. The summed E-state index contributed by atoms with van der Waals surface area (Å²) in [6.45, 7) is 2.58. The van der Waals surface area contributed by atoms with Crippen molar-refractivity contribution in [1.29, 1.82) is 0 Å². The van der Waals surface area contributed by atoms with Crippen LogP contribution in [0, 0.1) is 0 Å². The van der Waals surface area contributed by atoms with Gasteiger partial charge in [0.1, 0.15) is 12.6 Å². The van der Waals surface area contributed by atoms with Crippen LogP contribution in [0.3, 0.4) is 0 Å². The van der Waals surface area contributed by atoms with Crippen molar-refractivity contribution in [3.8, 4) is 0 Å². The van der Waals surface area contributed by atoms with Gasteiger partial charge in [0.05, 0.1) is 19.3 Å². The highest BCUT2D eigenvalue weighted by Gasteiger charge is 2.28. The predicted molar refractivity (Wildman–Crippen MR) is 218 cm³/mol. The number of aliphatic hydroxyl groups is 1. The molecule has 13 heteroatoms. The van der Waals surface area contributed by atoms with Crippen molar-refractivity contribution in [2.75, 3.05) is 19.8 Å². The van der Waals surface area contributed by atoms with E-state index in [1.807, 2.05) is 18.2 Å². The molecule has 0 saturated carbocycles. The summed E-state index contributed by atoms with van der Waals surface area (Å²) in [4.78, 5) is 45.8. The van der Waals surface area contributed by atoms with Gasteiger partial charge in [-0.15, -0.1) is 0 Å². The van der Waals surface area contributed by atoms with E-state index in [2.05, 4.69) is 42.7 Å². The number of nitrogens with two attached hydrogens (primary N) is 1. The summed E-state index contributed by atoms with van der Waals surface area (Å²) >= 11 is 0. The number of carbonyl (C=O) groups excluding carboxylic acids is 2. The molecule has 0 bridgehead atoms. The normalized spacial score (nSPS) is 15.0. The van der Waals surface area contributed by atoms with Crippen LogP contribution in [0.25, 0.3) is 0 Å². The molecule has 0 aromatic carbocycles. The maximum absolute atomic E-state index is 12.6. The van der Waals surface area contributed by atoms with Crippen LogP contribution < -0.4 is 5.73 Å². The molecule has 5 N–H and O–H groups in total. The molecule has 0 fully saturated rings. The van der Waals surface area contributed by atoms with Gasteiger partial charge in [0.25, 0.3) is 0 Å². The standard InChI is InChI=1S/C42H72NO11P/c1-3-5-7-9-11-13-14-15-16-18-20-24-28-32-40(45)51-34-38(35-52-55(49,50)53-36-39(43)42(47)48)54-41(46)33-29-25-21-23-27-31-37(44)30-26-22-19-17-12-10-8-6-4-2/h12-14,17,21-23,26-27,31,37-39,44H,3-11,15-16,18-20,24-25,28-30,32-36,43H2,1-2H3,(H,47,48)(H,49,50)/b14-13-,17-12-,23-21+,26-22-,31-27-/t37?,38-,39+/m1/s1. The summed E-state index contributed by atoms with van der Waals surface area (Å²) in [6, 6.07) is -1.55. The van der Waals surface area contributed by atoms with Crippen LogP contribution in [0.2, 0.25) is 0 Å². The second kappa shape index (κ2) is 36.8. The van der Waals surface area contributed by atoms with Gasteiger partial charge in [0, 0.05) is 12.8 Å². The Labute approximate surface area is 330 Å². The topological polar surface area (TPSA) is 192 Å². The summed E-state index contributed by atoms with van der Waals surface area (Å²) in [5.74, 6) is -2.55. The molecule has 0 amide bonds. The van der Waals surface area contributed by atoms with E-state index < -0.39 is 63.8 Å². The van der Waals surface area contributed by atoms with E-state index in [-0.39, 0.29) is 12.8 Å². The van der Waals surface area contributed by atoms with Crippen LogP contribution in [0.15, 0.2) is 60.8 Å². The first kappa shape index (κ1) is 52.1. The van der Waals surface area contributed by atoms with Crippen LogP contribution in [0.1, 0.15) is 149 Å². The van der Waals surface area contributed by atoms with Gasteiger partial charge in [0.15, 0.2) is 6.10 Å². The minimum atomic E-state index is -4.75. The molecule has 55 heavy (non-hydrogen) atoms. The summed E-state index contributed by atoms with van der Waals surface area (Å²) in [5.41, 5.74) is 5.31. The lowest BCUT2D eigenvalue weighted by Gasteiger charge is -2.20. The van der Waals surface area contributed by atoms with Crippen molar-refractivity contribution in [1.82, 2.24) is 0 Å². The fourth-order valence-corrected chi connectivity index (χ4v) is 5.79. The first-order valence-corrected chi connectivity index (χ1v) is 21.9. The minimum absolute atomic E-state index is 0.0223. The van der Waals surface area contributed by atoms with Crippen molar-refractivity contribution in [3.05, 3.63) is 60.8 Å². The number of phosphoric ester groups is 1. The second-order valence-electron chi connectivity index (χ2n) is 13.6. The van der Waals surface area contributed by atoms with E-state index in [4.69, 9.17) is 24.8 Å².